The van der Waals surface area contributed by atoms with E-state index >= 15 is 0 Å². The van der Waals surface area contributed by atoms with Gasteiger partial charge in [-0.2, -0.15) is 0 Å². The van der Waals surface area contributed by atoms with Gasteiger partial charge in [0, 0.05) is 13.0 Å². The Kier molecular flexibility index (Phi) is 7.03. The molecule has 184 valence electrons. The van der Waals surface area contributed by atoms with Crippen molar-refractivity contribution in [3.63, 3.8) is 0 Å². The van der Waals surface area contributed by atoms with Crippen LogP contribution in [-0.4, -0.2) is 46.1 Å². The standard InChI is InChI=1S/C27H47NO4/c1-5-14-28-22(30)9-6-16(2)18-7-8-19-23-20(11-13-26(18,19)3)27(4)12-10-17(29)15-21(27)24(31)25(23)32/h16-21,23-25,29,31-32H,5-15H2,1-4H3,(H,28,30)/t16?,17-,18?,19?,20?,21+,23?,24+,25-,26-,27-/m1/s1. The fraction of sp³-hybridized carbons (Fsp3) is 0.963. The molecule has 0 spiro atoms. The minimum Gasteiger partial charge on any atom is -0.393 e. The minimum absolute atomic E-state index is 0.00427. The summed E-state index contributed by atoms with van der Waals surface area (Å²) >= 11 is 0. The molecule has 0 aliphatic heterocycles. The second-order valence-corrected chi connectivity index (χ2v) is 12.4. The first-order chi connectivity index (χ1) is 15.1. The molecule has 0 radical (unpaired) electrons. The molecular weight excluding hydrogens is 402 g/mol. The first-order valence-corrected chi connectivity index (χ1v) is 13.4. The van der Waals surface area contributed by atoms with Gasteiger partial charge in [-0.3, -0.25) is 4.79 Å². The third-order valence-corrected chi connectivity index (χ3v) is 10.9. The van der Waals surface area contributed by atoms with Gasteiger partial charge in [0.1, 0.15) is 0 Å². The van der Waals surface area contributed by atoms with E-state index in [1.807, 2.05) is 0 Å². The Balaban J connectivity index is 1.49. The molecule has 0 heterocycles. The van der Waals surface area contributed by atoms with Crippen molar-refractivity contribution in [1.29, 1.82) is 0 Å². The summed E-state index contributed by atoms with van der Waals surface area (Å²) in [6.07, 6.45) is 7.76. The molecule has 32 heavy (non-hydrogen) atoms. The molecule has 4 aliphatic rings. The quantitative estimate of drug-likeness (QED) is 0.495. The molecule has 5 nitrogen and oxygen atoms in total. The molecule has 4 rings (SSSR count). The van der Waals surface area contributed by atoms with Gasteiger partial charge in [-0.25, -0.2) is 0 Å². The fourth-order valence-corrected chi connectivity index (χ4v) is 9.13. The van der Waals surface area contributed by atoms with Crippen LogP contribution in [0.2, 0.25) is 0 Å². The summed E-state index contributed by atoms with van der Waals surface area (Å²) in [6.45, 7) is 9.94. The largest absolute Gasteiger partial charge is 0.393 e. The summed E-state index contributed by atoms with van der Waals surface area (Å²) in [7, 11) is 0. The smallest absolute Gasteiger partial charge is 0.220 e. The van der Waals surface area contributed by atoms with Crippen molar-refractivity contribution >= 4 is 5.91 Å². The van der Waals surface area contributed by atoms with Gasteiger partial charge < -0.3 is 20.6 Å². The van der Waals surface area contributed by atoms with E-state index in [0.29, 0.717) is 36.5 Å². The van der Waals surface area contributed by atoms with Gasteiger partial charge in [0.05, 0.1) is 18.3 Å². The van der Waals surface area contributed by atoms with E-state index in [9.17, 15) is 20.1 Å². The molecule has 0 bridgehead atoms. The van der Waals surface area contributed by atoms with Crippen molar-refractivity contribution in [2.24, 2.45) is 46.3 Å². The maximum Gasteiger partial charge on any atom is 0.220 e. The predicted octanol–water partition coefficient (Wildman–Crippen LogP) is 3.89. The first kappa shape index (κ1) is 24.5. The van der Waals surface area contributed by atoms with Crippen molar-refractivity contribution in [3.05, 3.63) is 0 Å². The molecule has 4 fully saturated rings. The van der Waals surface area contributed by atoms with E-state index < -0.39 is 12.2 Å². The molecule has 4 N–H and O–H groups in total. The topological polar surface area (TPSA) is 89.8 Å². The van der Waals surface area contributed by atoms with E-state index in [1.165, 1.54) is 12.8 Å². The average molecular weight is 450 g/mol. The zero-order chi connectivity index (χ0) is 23.3. The van der Waals surface area contributed by atoms with Gasteiger partial charge in [0.2, 0.25) is 5.91 Å². The highest BCUT2D eigenvalue weighted by molar-refractivity contribution is 5.75. The van der Waals surface area contributed by atoms with E-state index in [4.69, 9.17) is 0 Å². The summed E-state index contributed by atoms with van der Waals surface area (Å²) in [5.74, 6) is 2.28. The van der Waals surface area contributed by atoms with Crippen LogP contribution in [0.5, 0.6) is 0 Å². The van der Waals surface area contributed by atoms with Crippen LogP contribution in [0.4, 0.5) is 0 Å². The molecule has 4 saturated carbocycles. The number of hydrogen-bond donors (Lipinski definition) is 4. The average Bonchev–Trinajstić information content (AvgIpc) is 3.12. The van der Waals surface area contributed by atoms with Crippen molar-refractivity contribution < 1.29 is 20.1 Å². The first-order valence-electron chi connectivity index (χ1n) is 13.4. The van der Waals surface area contributed by atoms with Crippen molar-refractivity contribution in [3.8, 4) is 0 Å². The highest BCUT2D eigenvalue weighted by atomic mass is 16.3. The Hall–Kier alpha value is -0.650. The lowest BCUT2D eigenvalue weighted by Crippen LogP contribution is -2.64. The van der Waals surface area contributed by atoms with Crippen LogP contribution in [0, 0.1) is 46.3 Å². The normalized spacial score (nSPS) is 49.0. The molecular formula is C27H47NO4. The lowest BCUT2D eigenvalue weighted by Gasteiger charge is -2.63. The molecule has 0 saturated heterocycles. The van der Waals surface area contributed by atoms with Gasteiger partial charge in [-0.15, -0.1) is 0 Å². The van der Waals surface area contributed by atoms with Crippen LogP contribution < -0.4 is 5.32 Å². The zero-order valence-electron chi connectivity index (χ0n) is 20.7. The summed E-state index contributed by atoms with van der Waals surface area (Å²) in [5, 5.41) is 35.8. The Morgan fingerprint density at radius 2 is 1.66 bits per heavy atom. The van der Waals surface area contributed by atoms with Gasteiger partial charge >= 0.3 is 0 Å². The fourth-order valence-electron chi connectivity index (χ4n) is 9.13. The number of carbonyl (C=O) groups is 1. The van der Waals surface area contributed by atoms with Gasteiger partial charge in [-0.1, -0.05) is 27.7 Å². The van der Waals surface area contributed by atoms with E-state index in [-0.39, 0.29) is 34.7 Å². The zero-order valence-corrected chi connectivity index (χ0v) is 20.7. The van der Waals surface area contributed by atoms with Crippen molar-refractivity contribution in [2.45, 2.75) is 110 Å². The Morgan fingerprint density at radius 3 is 2.38 bits per heavy atom. The lowest BCUT2D eigenvalue weighted by molar-refractivity contribution is -0.223. The number of rotatable bonds is 6. The van der Waals surface area contributed by atoms with E-state index in [0.717, 1.165) is 45.1 Å². The summed E-state index contributed by atoms with van der Waals surface area (Å²) in [5.41, 5.74) is 0.198. The molecule has 1 amide bonds. The third-order valence-electron chi connectivity index (χ3n) is 10.9. The summed E-state index contributed by atoms with van der Waals surface area (Å²) in [4.78, 5) is 12.2. The van der Waals surface area contributed by atoms with Gasteiger partial charge in [0.15, 0.2) is 0 Å². The van der Waals surface area contributed by atoms with Crippen LogP contribution in [0.15, 0.2) is 0 Å². The van der Waals surface area contributed by atoms with Crippen LogP contribution in [0.3, 0.4) is 0 Å². The predicted molar refractivity (Wildman–Crippen MR) is 126 cm³/mol. The van der Waals surface area contributed by atoms with Crippen molar-refractivity contribution in [2.75, 3.05) is 6.54 Å². The molecule has 0 aromatic carbocycles. The number of nitrogens with one attached hydrogen (secondary N) is 1. The molecule has 5 unspecified atom stereocenters. The number of hydrogen-bond acceptors (Lipinski definition) is 4. The maximum absolute atomic E-state index is 12.2. The molecule has 0 aromatic heterocycles. The van der Waals surface area contributed by atoms with Gasteiger partial charge in [-0.05, 0) is 104 Å². The number of carbonyl (C=O) groups excluding carboxylic acids is 1. The summed E-state index contributed by atoms with van der Waals surface area (Å²) in [6, 6.07) is 0. The number of aliphatic hydroxyl groups is 3. The molecule has 11 atom stereocenters. The van der Waals surface area contributed by atoms with E-state index in [1.54, 1.807) is 0 Å². The third kappa shape index (κ3) is 3.94. The van der Waals surface area contributed by atoms with Crippen LogP contribution in [-0.2, 0) is 4.79 Å². The summed E-state index contributed by atoms with van der Waals surface area (Å²) < 4.78 is 0. The minimum atomic E-state index is -0.725. The SMILES string of the molecule is CCCNC(=O)CCC(C)C1CCC2C3C(CC[C@]12C)[C@@]1(C)CC[C@@H](O)C[C@H]1[C@H](O)[C@@H]3O. The van der Waals surface area contributed by atoms with Crippen LogP contribution in [0.25, 0.3) is 0 Å². The number of fused-ring (bicyclic) bond motifs is 5. The number of amides is 1. The van der Waals surface area contributed by atoms with Gasteiger partial charge in [0.25, 0.3) is 0 Å². The molecule has 4 aliphatic carbocycles. The van der Waals surface area contributed by atoms with Crippen LogP contribution >= 0.6 is 0 Å². The highest BCUT2D eigenvalue weighted by Gasteiger charge is 2.65. The van der Waals surface area contributed by atoms with Crippen LogP contribution in [0.1, 0.15) is 91.9 Å². The maximum atomic E-state index is 12.2. The highest BCUT2D eigenvalue weighted by Crippen LogP contribution is 2.68. The Labute approximate surface area is 194 Å². The molecule has 0 aromatic rings. The Bertz CT molecular complexity index is 685. The van der Waals surface area contributed by atoms with E-state index in [2.05, 4.69) is 33.0 Å². The second-order valence-electron chi connectivity index (χ2n) is 12.4. The monoisotopic (exact) mass is 449 g/mol. The van der Waals surface area contributed by atoms with Crippen molar-refractivity contribution in [1.82, 2.24) is 5.32 Å². The Morgan fingerprint density at radius 1 is 0.969 bits per heavy atom. The lowest BCUT2D eigenvalue weighted by atomic mass is 9.43. The second kappa shape index (κ2) is 9.19. The number of aliphatic hydroxyl groups excluding tert-OH is 3. The molecule has 5 heteroatoms.